The lowest BCUT2D eigenvalue weighted by Crippen LogP contribution is -2.40. The molecule has 0 unspecified atom stereocenters. The minimum atomic E-state index is 0.238. The van der Waals surface area contributed by atoms with E-state index in [2.05, 4.69) is 0 Å². The third-order valence-corrected chi connectivity index (χ3v) is 2.43. The summed E-state index contributed by atoms with van der Waals surface area (Å²) in [5.74, 6) is 0.238. The van der Waals surface area contributed by atoms with Gasteiger partial charge in [-0.25, -0.2) is 0 Å². The number of nitrogens with zero attached hydrogens (tertiary/aromatic N) is 1. The van der Waals surface area contributed by atoms with Crippen molar-refractivity contribution in [2.45, 2.75) is 32.2 Å². The summed E-state index contributed by atoms with van der Waals surface area (Å²) in [6, 6.07) is 0.409. The van der Waals surface area contributed by atoms with Gasteiger partial charge in [-0.15, -0.1) is 0 Å². The van der Waals surface area contributed by atoms with Gasteiger partial charge < -0.3 is 9.64 Å². The van der Waals surface area contributed by atoms with Crippen LogP contribution in [0.4, 0.5) is 0 Å². The van der Waals surface area contributed by atoms with Crippen LogP contribution in [-0.4, -0.2) is 37.1 Å². The molecule has 0 atom stereocenters. The Labute approximate surface area is 73.7 Å². The van der Waals surface area contributed by atoms with Gasteiger partial charge in [0.15, 0.2) is 0 Å². The summed E-state index contributed by atoms with van der Waals surface area (Å²) in [5.41, 5.74) is 0. The second-order valence-corrected chi connectivity index (χ2v) is 3.20. The lowest BCUT2D eigenvalue weighted by Gasteiger charge is -2.30. The van der Waals surface area contributed by atoms with Crippen molar-refractivity contribution in [3.8, 4) is 0 Å². The van der Waals surface area contributed by atoms with E-state index in [1.54, 1.807) is 0 Å². The fourth-order valence-corrected chi connectivity index (χ4v) is 1.53. The van der Waals surface area contributed by atoms with Crippen LogP contribution in [0.3, 0.4) is 0 Å². The topological polar surface area (TPSA) is 29.5 Å². The van der Waals surface area contributed by atoms with Crippen molar-refractivity contribution < 1.29 is 9.53 Å². The molecule has 1 aliphatic rings. The first-order valence-electron chi connectivity index (χ1n) is 4.59. The van der Waals surface area contributed by atoms with Gasteiger partial charge in [-0.3, -0.25) is 4.79 Å². The molecule has 1 saturated heterocycles. The van der Waals surface area contributed by atoms with E-state index in [0.717, 1.165) is 26.1 Å². The van der Waals surface area contributed by atoms with E-state index in [4.69, 9.17) is 4.74 Å². The van der Waals surface area contributed by atoms with Gasteiger partial charge in [0.2, 0.25) is 5.91 Å². The second kappa shape index (κ2) is 4.45. The molecule has 1 amide bonds. The van der Waals surface area contributed by atoms with E-state index in [-0.39, 0.29) is 5.91 Å². The Bertz CT molecular complexity index is 153. The molecule has 1 fully saturated rings. The summed E-state index contributed by atoms with van der Waals surface area (Å²) < 4.78 is 5.23. The normalized spacial score (nSPS) is 19.2. The van der Waals surface area contributed by atoms with Crippen LogP contribution >= 0.6 is 0 Å². The Balaban J connectivity index is 2.39. The first-order chi connectivity index (χ1) is 5.75. The molecule has 0 spiro atoms. The van der Waals surface area contributed by atoms with Crippen molar-refractivity contribution in [3.05, 3.63) is 0 Å². The molecule has 70 valence electrons. The van der Waals surface area contributed by atoms with Gasteiger partial charge in [-0.05, 0) is 12.8 Å². The zero-order valence-electron chi connectivity index (χ0n) is 7.88. The molecule has 0 aromatic heterocycles. The van der Waals surface area contributed by atoms with Crippen LogP contribution in [0.25, 0.3) is 0 Å². The van der Waals surface area contributed by atoms with Crippen LogP contribution in [0.15, 0.2) is 0 Å². The second-order valence-electron chi connectivity index (χ2n) is 3.20. The zero-order valence-corrected chi connectivity index (χ0v) is 7.88. The molecule has 1 heterocycles. The van der Waals surface area contributed by atoms with Crippen LogP contribution in [0, 0.1) is 0 Å². The molecule has 0 radical (unpaired) electrons. The highest BCUT2D eigenvalue weighted by molar-refractivity contribution is 5.75. The minimum absolute atomic E-state index is 0.238. The summed E-state index contributed by atoms with van der Waals surface area (Å²) in [6.07, 6.45) is 2.58. The summed E-state index contributed by atoms with van der Waals surface area (Å²) in [6.45, 7) is 3.50. The summed E-state index contributed by atoms with van der Waals surface area (Å²) in [7, 11) is 1.89. The lowest BCUT2D eigenvalue weighted by molar-refractivity contribution is -0.133. The first-order valence-corrected chi connectivity index (χ1v) is 4.59. The van der Waals surface area contributed by atoms with Crippen LogP contribution in [0.5, 0.6) is 0 Å². The Hall–Kier alpha value is -0.570. The fraction of sp³-hybridized carbons (Fsp3) is 0.889. The maximum atomic E-state index is 11.3. The molecule has 1 rings (SSSR count). The van der Waals surface area contributed by atoms with Crippen molar-refractivity contribution in [1.82, 2.24) is 4.90 Å². The summed E-state index contributed by atoms with van der Waals surface area (Å²) in [5, 5.41) is 0. The van der Waals surface area contributed by atoms with E-state index < -0.39 is 0 Å². The predicted molar refractivity (Wildman–Crippen MR) is 46.9 cm³/mol. The molecule has 12 heavy (non-hydrogen) atoms. The lowest BCUT2D eigenvalue weighted by atomic mass is 10.1. The van der Waals surface area contributed by atoms with Crippen LogP contribution < -0.4 is 0 Å². The molecule has 3 nitrogen and oxygen atoms in total. The Morgan fingerprint density at radius 2 is 2.08 bits per heavy atom. The van der Waals surface area contributed by atoms with Crippen molar-refractivity contribution >= 4 is 5.91 Å². The standard InChI is InChI=1S/C9H17NO2/c1-3-9(11)10(2)8-4-6-12-7-5-8/h8H,3-7H2,1-2H3. The predicted octanol–water partition coefficient (Wildman–Crippen LogP) is 1.03. The monoisotopic (exact) mass is 171 g/mol. The quantitative estimate of drug-likeness (QED) is 0.621. The maximum Gasteiger partial charge on any atom is 0.222 e. The highest BCUT2D eigenvalue weighted by atomic mass is 16.5. The molecule has 1 aliphatic heterocycles. The van der Waals surface area contributed by atoms with E-state index in [1.807, 2.05) is 18.9 Å². The molecular formula is C9H17NO2. The van der Waals surface area contributed by atoms with E-state index in [9.17, 15) is 4.79 Å². The number of ether oxygens (including phenoxy) is 1. The maximum absolute atomic E-state index is 11.3. The van der Waals surface area contributed by atoms with Gasteiger partial charge in [0.05, 0.1) is 0 Å². The Morgan fingerprint density at radius 1 is 1.50 bits per heavy atom. The average Bonchev–Trinajstić information content (AvgIpc) is 2.17. The first kappa shape index (κ1) is 9.52. The van der Waals surface area contributed by atoms with E-state index in [0.29, 0.717) is 12.5 Å². The Kier molecular flexibility index (Phi) is 3.53. The molecule has 3 heteroatoms. The number of hydrogen-bond donors (Lipinski definition) is 0. The zero-order chi connectivity index (χ0) is 8.97. The molecule has 0 aromatic carbocycles. The number of hydrogen-bond acceptors (Lipinski definition) is 2. The summed E-state index contributed by atoms with van der Waals surface area (Å²) in [4.78, 5) is 13.2. The van der Waals surface area contributed by atoms with Crippen molar-refractivity contribution in [1.29, 1.82) is 0 Å². The van der Waals surface area contributed by atoms with Gasteiger partial charge in [0, 0.05) is 32.7 Å². The number of amides is 1. The SMILES string of the molecule is CCC(=O)N(C)C1CCOCC1. The van der Waals surface area contributed by atoms with E-state index >= 15 is 0 Å². The number of carbonyl (C=O) groups excluding carboxylic acids is 1. The van der Waals surface area contributed by atoms with E-state index in [1.165, 1.54) is 0 Å². The fourth-order valence-electron chi connectivity index (χ4n) is 1.53. The third kappa shape index (κ3) is 2.21. The van der Waals surface area contributed by atoms with Gasteiger partial charge in [-0.2, -0.15) is 0 Å². The van der Waals surface area contributed by atoms with Gasteiger partial charge >= 0.3 is 0 Å². The van der Waals surface area contributed by atoms with Crippen molar-refractivity contribution in [2.24, 2.45) is 0 Å². The Morgan fingerprint density at radius 3 is 2.58 bits per heavy atom. The van der Waals surface area contributed by atoms with Crippen LogP contribution in [-0.2, 0) is 9.53 Å². The average molecular weight is 171 g/mol. The number of rotatable bonds is 2. The van der Waals surface area contributed by atoms with Gasteiger partial charge in [0.25, 0.3) is 0 Å². The minimum Gasteiger partial charge on any atom is -0.381 e. The highest BCUT2D eigenvalue weighted by Crippen LogP contribution is 2.13. The third-order valence-electron chi connectivity index (χ3n) is 2.43. The van der Waals surface area contributed by atoms with Crippen LogP contribution in [0.2, 0.25) is 0 Å². The number of carbonyl (C=O) groups is 1. The van der Waals surface area contributed by atoms with Gasteiger partial charge in [0.1, 0.15) is 0 Å². The smallest absolute Gasteiger partial charge is 0.222 e. The van der Waals surface area contributed by atoms with Crippen molar-refractivity contribution in [3.63, 3.8) is 0 Å². The highest BCUT2D eigenvalue weighted by Gasteiger charge is 2.20. The molecule has 0 bridgehead atoms. The van der Waals surface area contributed by atoms with Crippen molar-refractivity contribution in [2.75, 3.05) is 20.3 Å². The molecule has 0 aliphatic carbocycles. The molecule has 0 N–H and O–H groups in total. The van der Waals surface area contributed by atoms with Crippen LogP contribution in [0.1, 0.15) is 26.2 Å². The molecular weight excluding hydrogens is 154 g/mol. The van der Waals surface area contributed by atoms with Gasteiger partial charge in [-0.1, -0.05) is 6.92 Å². The largest absolute Gasteiger partial charge is 0.381 e. The summed E-state index contributed by atoms with van der Waals surface area (Å²) >= 11 is 0. The molecule has 0 aromatic rings. The molecule has 0 saturated carbocycles.